The molecule has 0 amide bonds. The SMILES string of the molecule is C=Cc1ccc2nc(OCC)nc(O[C@@H]3C[C@@H](C(=O)O)N(C)C3)c2c1. The van der Waals surface area contributed by atoms with Crippen LogP contribution in [0.3, 0.4) is 0 Å². The zero-order valence-electron chi connectivity index (χ0n) is 14.3. The van der Waals surface area contributed by atoms with Crippen LogP contribution in [-0.4, -0.2) is 58.3 Å². The van der Waals surface area contributed by atoms with Crippen LogP contribution >= 0.6 is 0 Å². The first-order valence-corrected chi connectivity index (χ1v) is 8.18. The molecule has 0 saturated carbocycles. The van der Waals surface area contributed by atoms with Gasteiger partial charge < -0.3 is 14.6 Å². The average molecular weight is 343 g/mol. The lowest BCUT2D eigenvalue weighted by Crippen LogP contribution is -2.32. The van der Waals surface area contributed by atoms with Gasteiger partial charge in [-0.3, -0.25) is 9.69 Å². The summed E-state index contributed by atoms with van der Waals surface area (Å²) in [6, 6.07) is 5.38. The van der Waals surface area contributed by atoms with Crippen molar-refractivity contribution in [3.8, 4) is 11.9 Å². The molecule has 1 aromatic heterocycles. The molecule has 1 aromatic carbocycles. The molecule has 7 heteroatoms. The molecule has 1 aliphatic heterocycles. The zero-order chi connectivity index (χ0) is 18.0. The molecule has 0 radical (unpaired) electrons. The number of aliphatic carboxylic acids is 1. The number of carbonyl (C=O) groups is 1. The second-order valence-corrected chi connectivity index (χ2v) is 5.99. The topological polar surface area (TPSA) is 84.8 Å². The Morgan fingerprint density at radius 2 is 2.28 bits per heavy atom. The Kier molecular flexibility index (Phi) is 4.85. The molecule has 7 nitrogen and oxygen atoms in total. The van der Waals surface area contributed by atoms with E-state index in [1.165, 1.54) is 0 Å². The number of ether oxygens (including phenoxy) is 2. The number of likely N-dealkylation sites (N-methyl/N-ethyl adjacent to an activating group) is 1. The monoisotopic (exact) mass is 343 g/mol. The van der Waals surface area contributed by atoms with E-state index in [1.54, 1.807) is 18.0 Å². The van der Waals surface area contributed by atoms with Crippen molar-refractivity contribution in [1.29, 1.82) is 0 Å². The predicted molar refractivity (Wildman–Crippen MR) is 93.9 cm³/mol. The fourth-order valence-corrected chi connectivity index (χ4v) is 2.99. The largest absolute Gasteiger partial charge is 0.480 e. The number of hydrogen-bond donors (Lipinski definition) is 1. The van der Waals surface area contributed by atoms with E-state index < -0.39 is 12.0 Å². The van der Waals surface area contributed by atoms with Gasteiger partial charge >= 0.3 is 12.0 Å². The molecule has 1 saturated heterocycles. The van der Waals surface area contributed by atoms with Crippen LogP contribution in [0.5, 0.6) is 11.9 Å². The van der Waals surface area contributed by atoms with Crippen molar-refractivity contribution in [3.63, 3.8) is 0 Å². The van der Waals surface area contributed by atoms with Gasteiger partial charge in [0.05, 0.1) is 17.5 Å². The number of nitrogens with zero attached hydrogens (tertiary/aromatic N) is 3. The minimum absolute atomic E-state index is 0.248. The molecule has 132 valence electrons. The van der Waals surface area contributed by atoms with E-state index >= 15 is 0 Å². The highest BCUT2D eigenvalue weighted by Gasteiger charge is 2.36. The summed E-state index contributed by atoms with van der Waals surface area (Å²) < 4.78 is 11.5. The van der Waals surface area contributed by atoms with Gasteiger partial charge in [0, 0.05) is 13.0 Å². The van der Waals surface area contributed by atoms with Crippen molar-refractivity contribution >= 4 is 22.9 Å². The Bertz CT molecular complexity index is 808. The van der Waals surface area contributed by atoms with Crippen molar-refractivity contribution in [2.45, 2.75) is 25.5 Å². The van der Waals surface area contributed by atoms with Crippen LogP contribution in [-0.2, 0) is 4.79 Å². The Morgan fingerprint density at radius 1 is 1.48 bits per heavy atom. The number of rotatable bonds is 6. The predicted octanol–water partition coefficient (Wildman–Crippen LogP) is 2.21. The lowest BCUT2D eigenvalue weighted by atomic mass is 10.1. The van der Waals surface area contributed by atoms with Gasteiger partial charge in [0.1, 0.15) is 12.1 Å². The van der Waals surface area contributed by atoms with E-state index in [0.717, 1.165) is 10.9 Å². The van der Waals surface area contributed by atoms with Crippen LogP contribution in [0.4, 0.5) is 0 Å². The molecule has 1 fully saturated rings. The van der Waals surface area contributed by atoms with E-state index in [0.29, 0.717) is 31.0 Å². The minimum atomic E-state index is -0.843. The van der Waals surface area contributed by atoms with Gasteiger partial charge in [-0.1, -0.05) is 18.7 Å². The van der Waals surface area contributed by atoms with Crippen molar-refractivity contribution in [3.05, 3.63) is 30.3 Å². The van der Waals surface area contributed by atoms with Gasteiger partial charge in [0.2, 0.25) is 5.88 Å². The highest BCUT2D eigenvalue weighted by Crippen LogP contribution is 2.29. The minimum Gasteiger partial charge on any atom is -0.480 e. The first-order valence-electron chi connectivity index (χ1n) is 8.18. The first-order chi connectivity index (χ1) is 12.0. The molecule has 1 aliphatic rings. The average Bonchev–Trinajstić information content (AvgIpc) is 2.95. The molecule has 0 aliphatic carbocycles. The van der Waals surface area contributed by atoms with E-state index in [4.69, 9.17) is 9.47 Å². The number of carboxylic acids is 1. The third kappa shape index (κ3) is 3.56. The zero-order valence-corrected chi connectivity index (χ0v) is 14.3. The van der Waals surface area contributed by atoms with Gasteiger partial charge in [0.25, 0.3) is 0 Å². The molecule has 2 heterocycles. The van der Waals surface area contributed by atoms with Crippen LogP contribution in [0.2, 0.25) is 0 Å². The summed E-state index contributed by atoms with van der Waals surface area (Å²) in [5.41, 5.74) is 1.64. The maximum atomic E-state index is 11.3. The lowest BCUT2D eigenvalue weighted by Gasteiger charge is -2.15. The fourth-order valence-electron chi connectivity index (χ4n) is 2.99. The first kappa shape index (κ1) is 17.2. The van der Waals surface area contributed by atoms with Crippen molar-refractivity contribution in [2.75, 3.05) is 20.2 Å². The van der Waals surface area contributed by atoms with Crippen molar-refractivity contribution in [1.82, 2.24) is 14.9 Å². The quantitative estimate of drug-likeness (QED) is 0.860. The van der Waals surface area contributed by atoms with Gasteiger partial charge in [-0.05, 0) is 31.7 Å². The maximum Gasteiger partial charge on any atom is 0.321 e. The highest BCUT2D eigenvalue weighted by atomic mass is 16.5. The molecular weight excluding hydrogens is 322 g/mol. The third-order valence-electron chi connectivity index (χ3n) is 4.25. The smallest absolute Gasteiger partial charge is 0.321 e. The van der Waals surface area contributed by atoms with Crippen LogP contribution < -0.4 is 9.47 Å². The van der Waals surface area contributed by atoms with E-state index in [2.05, 4.69) is 16.5 Å². The molecule has 1 N–H and O–H groups in total. The number of benzene rings is 1. The standard InChI is InChI=1S/C18H21N3O4/c1-4-11-6-7-14-13(8-11)16(20-18(19-14)24-5-2)25-12-9-15(17(22)23)21(3)10-12/h4,6-8,12,15H,1,5,9-10H2,2-3H3,(H,22,23)/t12-,15+/m1/s1. The summed E-state index contributed by atoms with van der Waals surface area (Å²) in [5, 5.41) is 10.0. The molecule has 25 heavy (non-hydrogen) atoms. The van der Waals surface area contributed by atoms with Gasteiger partial charge in [-0.15, -0.1) is 0 Å². The van der Waals surface area contributed by atoms with E-state index in [-0.39, 0.29) is 12.1 Å². The fraction of sp³-hybridized carbons (Fsp3) is 0.389. The lowest BCUT2D eigenvalue weighted by molar-refractivity contribution is -0.141. The molecule has 0 bridgehead atoms. The summed E-state index contributed by atoms with van der Waals surface area (Å²) in [6.07, 6.45) is 1.89. The molecule has 2 atom stereocenters. The van der Waals surface area contributed by atoms with Gasteiger partial charge in [-0.25, -0.2) is 0 Å². The van der Waals surface area contributed by atoms with Crippen LogP contribution in [0, 0.1) is 0 Å². The molecule has 2 aromatic rings. The number of carboxylic acid groups (broad SMARTS) is 1. The highest BCUT2D eigenvalue weighted by molar-refractivity contribution is 5.86. The molecule has 3 rings (SSSR count). The summed E-state index contributed by atoms with van der Waals surface area (Å²) in [6.45, 7) is 6.61. The molecule has 0 spiro atoms. The van der Waals surface area contributed by atoms with Crippen molar-refractivity contribution in [2.24, 2.45) is 0 Å². The summed E-state index contributed by atoms with van der Waals surface area (Å²) in [4.78, 5) is 21.8. The van der Waals surface area contributed by atoms with Crippen LogP contribution in [0.15, 0.2) is 24.8 Å². The van der Waals surface area contributed by atoms with E-state index in [9.17, 15) is 9.90 Å². The number of likely N-dealkylation sites (tertiary alicyclic amines) is 1. The Hall–Kier alpha value is -2.67. The Labute approximate surface area is 145 Å². The second-order valence-electron chi connectivity index (χ2n) is 5.99. The second kappa shape index (κ2) is 7.06. The summed E-state index contributed by atoms with van der Waals surface area (Å²) in [5.74, 6) is -0.438. The number of hydrogen-bond acceptors (Lipinski definition) is 6. The van der Waals surface area contributed by atoms with E-state index in [1.807, 2.05) is 25.1 Å². The molecule has 0 unspecified atom stereocenters. The molecular formula is C18H21N3O4. The normalized spacial score (nSPS) is 20.6. The Balaban J connectivity index is 1.95. The Morgan fingerprint density at radius 3 is 2.92 bits per heavy atom. The summed E-state index contributed by atoms with van der Waals surface area (Å²) in [7, 11) is 1.78. The third-order valence-corrected chi connectivity index (χ3v) is 4.25. The van der Waals surface area contributed by atoms with Gasteiger partial charge in [-0.2, -0.15) is 9.97 Å². The number of fused-ring (bicyclic) bond motifs is 1. The van der Waals surface area contributed by atoms with Gasteiger partial charge in [0.15, 0.2) is 0 Å². The number of aromatic nitrogens is 2. The van der Waals surface area contributed by atoms with Crippen LogP contribution in [0.1, 0.15) is 18.9 Å². The summed E-state index contributed by atoms with van der Waals surface area (Å²) >= 11 is 0. The van der Waals surface area contributed by atoms with Crippen LogP contribution in [0.25, 0.3) is 17.0 Å². The maximum absolute atomic E-state index is 11.3. The van der Waals surface area contributed by atoms with Crippen molar-refractivity contribution < 1.29 is 19.4 Å².